The van der Waals surface area contributed by atoms with Crippen LogP contribution in [0.15, 0.2) is 53.4 Å². The van der Waals surface area contributed by atoms with Gasteiger partial charge in [-0.05, 0) is 37.3 Å². The van der Waals surface area contributed by atoms with Crippen LogP contribution in [0.1, 0.15) is 16.6 Å². The molecule has 1 aromatic heterocycles. The van der Waals surface area contributed by atoms with Gasteiger partial charge in [-0.25, -0.2) is 13.2 Å². The van der Waals surface area contributed by atoms with Gasteiger partial charge in [0.1, 0.15) is 9.77 Å². The highest BCUT2D eigenvalue weighted by Gasteiger charge is 2.29. The number of anilines is 1. The van der Waals surface area contributed by atoms with Crippen LogP contribution in [0.25, 0.3) is 10.1 Å². The van der Waals surface area contributed by atoms with Crippen molar-refractivity contribution < 1.29 is 17.9 Å². The number of hydrogen-bond donors (Lipinski definition) is 1. The van der Waals surface area contributed by atoms with Crippen LogP contribution in [0.4, 0.5) is 5.69 Å². The number of ether oxygens (including phenoxy) is 1. The molecule has 0 saturated heterocycles. The predicted molar refractivity (Wildman–Crippen MR) is 100 cm³/mol. The first-order valence-corrected chi connectivity index (χ1v) is 10.1. The molecule has 25 heavy (non-hydrogen) atoms. The molecule has 0 saturated carbocycles. The summed E-state index contributed by atoms with van der Waals surface area (Å²) in [5.41, 5.74) is 0.356. The average molecular weight is 396 g/mol. The second-order valence-electron chi connectivity index (χ2n) is 5.09. The molecular formula is C17H14ClNO4S2. The lowest BCUT2D eigenvalue weighted by Gasteiger charge is -2.09. The van der Waals surface area contributed by atoms with Gasteiger partial charge in [-0.1, -0.05) is 29.8 Å². The van der Waals surface area contributed by atoms with Gasteiger partial charge in [0.2, 0.25) is 0 Å². The first-order valence-electron chi connectivity index (χ1n) is 7.39. The molecular weight excluding hydrogens is 382 g/mol. The summed E-state index contributed by atoms with van der Waals surface area (Å²) in [6, 6.07) is 13.2. The minimum absolute atomic E-state index is 0.0597. The van der Waals surface area contributed by atoms with Gasteiger partial charge >= 0.3 is 5.97 Å². The SMILES string of the molecule is CCOC(=O)c1sc2ccccc2c1S(=O)(=O)Nc1ccc(Cl)cc1. The molecule has 2 aromatic carbocycles. The first kappa shape index (κ1) is 17.7. The third kappa shape index (κ3) is 3.63. The van der Waals surface area contributed by atoms with Crippen LogP contribution in [0.5, 0.6) is 0 Å². The van der Waals surface area contributed by atoms with Gasteiger partial charge in [-0.3, -0.25) is 4.72 Å². The molecule has 1 heterocycles. The Bertz CT molecular complexity index is 1030. The van der Waals surface area contributed by atoms with E-state index in [-0.39, 0.29) is 16.4 Å². The van der Waals surface area contributed by atoms with Crippen molar-refractivity contribution in [2.75, 3.05) is 11.3 Å². The van der Waals surface area contributed by atoms with Crippen molar-refractivity contribution >= 4 is 54.7 Å². The Labute approximate surface area is 154 Å². The monoisotopic (exact) mass is 395 g/mol. The van der Waals surface area contributed by atoms with E-state index in [9.17, 15) is 13.2 Å². The normalized spacial score (nSPS) is 11.4. The second kappa shape index (κ2) is 7.03. The Morgan fingerprint density at radius 3 is 2.52 bits per heavy atom. The number of esters is 1. The van der Waals surface area contributed by atoms with Gasteiger partial charge in [0.05, 0.1) is 6.61 Å². The molecule has 0 unspecified atom stereocenters. The fraction of sp³-hybridized carbons (Fsp3) is 0.118. The lowest BCUT2D eigenvalue weighted by molar-refractivity contribution is 0.0528. The van der Waals surface area contributed by atoms with Crippen molar-refractivity contribution in [3.8, 4) is 0 Å². The maximum atomic E-state index is 12.9. The van der Waals surface area contributed by atoms with Gasteiger partial charge in [0.25, 0.3) is 10.0 Å². The molecule has 5 nitrogen and oxygen atoms in total. The lowest BCUT2D eigenvalue weighted by atomic mass is 10.2. The van der Waals surface area contributed by atoms with Crippen LogP contribution in [-0.2, 0) is 14.8 Å². The zero-order valence-corrected chi connectivity index (χ0v) is 15.5. The summed E-state index contributed by atoms with van der Waals surface area (Å²) in [5.74, 6) is -0.653. The molecule has 0 aliphatic rings. The van der Waals surface area contributed by atoms with Crippen LogP contribution in [0, 0.1) is 0 Å². The van der Waals surface area contributed by atoms with Gasteiger partial charge in [-0.2, -0.15) is 0 Å². The summed E-state index contributed by atoms with van der Waals surface area (Å²) in [6.07, 6.45) is 0. The van der Waals surface area contributed by atoms with Crippen molar-refractivity contribution in [1.29, 1.82) is 0 Å². The Morgan fingerprint density at radius 2 is 1.84 bits per heavy atom. The number of sulfonamides is 1. The lowest BCUT2D eigenvalue weighted by Crippen LogP contribution is -2.16. The van der Waals surface area contributed by atoms with Gasteiger partial charge in [0, 0.05) is 20.8 Å². The number of benzene rings is 2. The number of fused-ring (bicyclic) bond motifs is 1. The van der Waals surface area contributed by atoms with E-state index in [2.05, 4.69) is 4.72 Å². The molecule has 3 aromatic rings. The number of carbonyl (C=O) groups is 1. The topological polar surface area (TPSA) is 72.5 Å². The molecule has 0 amide bonds. The van der Waals surface area contributed by atoms with Gasteiger partial charge in [-0.15, -0.1) is 11.3 Å². The maximum absolute atomic E-state index is 12.9. The van der Waals surface area contributed by atoms with Crippen LogP contribution in [0.2, 0.25) is 5.02 Å². The summed E-state index contributed by atoms with van der Waals surface area (Å²) < 4.78 is 34.1. The molecule has 8 heteroatoms. The van der Waals surface area contributed by atoms with E-state index in [4.69, 9.17) is 16.3 Å². The number of carbonyl (C=O) groups excluding carboxylic acids is 1. The summed E-state index contributed by atoms with van der Waals surface area (Å²) in [4.78, 5) is 12.2. The highest BCUT2D eigenvalue weighted by Crippen LogP contribution is 2.36. The van der Waals surface area contributed by atoms with Crippen LogP contribution in [-0.4, -0.2) is 21.0 Å². The Morgan fingerprint density at radius 1 is 1.16 bits per heavy atom. The average Bonchev–Trinajstić information content (AvgIpc) is 2.97. The summed E-state index contributed by atoms with van der Waals surface area (Å²) in [7, 11) is -3.99. The van der Waals surface area contributed by atoms with E-state index >= 15 is 0 Å². The quantitative estimate of drug-likeness (QED) is 0.644. The molecule has 3 rings (SSSR count). The van der Waals surface area contributed by atoms with E-state index in [1.165, 1.54) is 0 Å². The predicted octanol–water partition coefficient (Wildman–Crippen LogP) is 4.53. The first-order chi connectivity index (χ1) is 11.9. The van der Waals surface area contributed by atoms with E-state index in [0.717, 1.165) is 11.3 Å². The summed E-state index contributed by atoms with van der Waals surface area (Å²) in [6.45, 7) is 1.84. The molecule has 0 atom stereocenters. The Balaban J connectivity index is 2.13. The minimum atomic E-state index is -3.99. The molecule has 0 radical (unpaired) electrons. The zero-order chi connectivity index (χ0) is 18.0. The van der Waals surface area contributed by atoms with Crippen molar-refractivity contribution in [1.82, 2.24) is 0 Å². The fourth-order valence-electron chi connectivity index (χ4n) is 2.34. The van der Waals surface area contributed by atoms with Crippen molar-refractivity contribution in [2.45, 2.75) is 11.8 Å². The Hall–Kier alpha value is -2.09. The third-order valence-electron chi connectivity index (χ3n) is 3.38. The number of thiophene rings is 1. The van der Waals surface area contributed by atoms with E-state index in [1.807, 2.05) is 0 Å². The molecule has 0 fully saturated rings. The van der Waals surface area contributed by atoms with Crippen molar-refractivity contribution in [3.05, 3.63) is 58.4 Å². The smallest absolute Gasteiger partial charge is 0.349 e. The van der Waals surface area contributed by atoms with Gasteiger partial charge < -0.3 is 4.74 Å². The largest absolute Gasteiger partial charge is 0.462 e. The fourth-order valence-corrected chi connectivity index (χ4v) is 5.32. The zero-order valence-electron chi connectivity index (χ0n) is 13.2. The summed E-state index contributed by atoms with van der Waals surface area (Å²) >= 11 is 6.92. The molecule has 1 N–H and O–H groups in total. The minimum Gasteiger partial charge on any atom is -0.462 e. The van der Waals surface area contributed by atoms with Crippen LogP contribution < -0.4 is 4.72 Å². The maximum Gasteiger partial charge on any atom is 0.349 e. The number of hydrogen-bond acceptors (Lipinski definition) is 5. The third-order valence-corrected chi connectivity index (χ3v) is 6.37. The van der Waals surface area contributed by atoms with E-state index in [1.54, 1.807) is 55.5 Å². The number of halogens is 1. The standard InChI is InChI=1S/C17H14ClNO4S2/c1-2-23-17(20)15-16(13-5-3-4-6-14(13)24-15)25(21,22)19-12-9-7-11(18)8-10-12/h3-10,19H,2H2,1H3. The van der Waals surface area contributed by atoms with E-state index < -0.39 is 16.0 Å². The number of nitrogens with one attached hydrogen (secondary N) is 1. The molecule has 0 aliphatic heterocycles. The van der Waals surface area contributed by atoms with Crippen LogP contribution >= 0.6 is 22.9 Å². The van der Waals surface area contributed by atoms with Gasteiger partial charge in [0.15, 0.2) is 0 Å². The Kier molecular flexibility index (Phi) is 4.99. The summed E-state index contributed by atoms with van der Waals surface area (Å²) in [5, 5.41) is 0.980. The molecule has 0 spiro atoms. The highest BCUT2D eigenvalue weighted by atomic mass is 35.5. The molecule has 130 valence electrons. The van der Waals surface area contributed by atoms with Crippen molar-refractivity contribution in [3.63, 3.8) is 0 Å². The van der Waals surface area contributed by atoms with Crippen molar-refractivity contribution in [2.24, 2.45) is 0 Å². The number of rotatable bonds is 5. The van der Waals surface area contributed by atoms with Crippen LogP contribution in [0.3, 0.4) is 0 Å². The second-order valence-corrected chi connectivity index (χ2v) is 8.20. The molecule has 0 bridgehead atoms. The van der Waals surface area contributed by atoms with E-state index in [0.29, 0.717) is 20.8 Å². The highest BCUT2D eigenvalue weighted by molar-refractivity contribution is 7.93. The molecule has 0 aliphatic carbocycles.